The molecular weight excluding hydrogens is 250 g/mol. The predicted molar refractivity (Wildman–Crippen MR) is 83.9 cm³/mol. The second kappa shape index (κ2) is 7.70. The van der Waals surface area contributed by atoms with Crippen molar-refractivity contribution in [1.29, 1.82) is 0 Å². The Morgan fingerprint density at radius 1 is 1.30 bits per heavy atom. The van der Waals surface area contributed by atoms with Crippen LogP contribution in [0.15, 0.2) is 11.6 Å². The molecule has 1 fully saturated rings. The maximum Gasteiger partial charge on any atom is 0.410 e. The zero-order valence-electron chi connectivity index (χ0n) is 13.9. The minimum absolute atomic E-state index is 0.154. The molecular formula is C17H31NO2. The van der Waals surface area contributed by atoms with Crippen LogP contribution in [-0.2, 0) is 4.74 Å². The second-order valence-corrected chi connectivity index (χ2v) is 6.65. The molecule has 3 heteroatoms. The van der Waals surface area contributed by atoms with Crippen LogP contribution in [0.5, 0.6) is 0 Å². The third-order valence-corrected chi connectivity index (χ3v) is 3.54. The zero-order chi connectivity index (χ0) is 15.2. The van der Waals surface area contributed by atoms with Crippen molar-refractivity contribution < 1.29 is 9.53 Å². The molecule has 0 aromatic carbocycles. The van der Waals surface area contributed by atoms with E-state index in [1.54, 1.807) is 0 Å². The van der Waals surface area contributed by atoms with Gasteiger partial charge in [0.05, 0.1) is 6.04 Å². The molecule has 1 aliphatic rings. The molecule has 1 saturated heterocycles. The SMILES string of the molecule is CCC/C=C(/CCC)C1CCCN1C(=O)OC(C)(C)C. The quantitative estimate of drug-likeness (QED) is 0.670. The van der Waals surface area contributed by atoms with E-state index in [1.165, 1.54) is 5.57 Å². The highest BCUT2D eigenvalue weighted by atomic mass is 16.6. The summed E-state index contributed by atoms with van der Waals surface area (Å²) < 4.78 is 5.54. The van der Waals surface area contributed by atoms with E-state index in [9.17, 15) is 4.79 Å². The van der Waals surface area contributed by atoms with Crippen LogP contribution in [0.25, 0.3) is 0 Å². The Morgan fingerprint density at radius 3 is 2.55 bits per heavy atom. The highest BCUT2D eigenvalue weighted by Gasteiger charge is 2.33. The van der Waals surface area contributed by atoms with Gasteiger partial charge in [-0.25, -0.2) is 4.79 Å². The van der Waals surface area contributed by atoms with Crippen LogP contribution in [0, 0.1) is 0 Å². The summed E-state index contributed by atoms with van der Waals surface area (Å²) in [5.41, 5.74) is 1.01. The fourth-order valence-corrected chi connectivity index (χ4v) is 2.71. The van der Waals surface area contributed by atoms with Gasteiger partial charge < -0.3 is 9.64 Å². The molecule has 0 bridgehead atoms. The summed E-state index contributed by atoms with van der Waals surface area (Å²) in [6, 6.07) is 0.261. The first-order valence-electron chi connectivity index (χ1n) is 8.07. The van der Waals surface area contributed by atoms with Gasteiger partial charge in [-0.3, -0.25) is 0 Å². The summed E-state index contributed by atoms with van der Waals surface area (Å²) in [6.45, 7) is 11.0. The molecule has 0 spiro atoms. The minimum atomic E-state index is -0.414. The van der Waals surface area contributed by atoms with Gasteiger partial charge in [0.2, 0.25) is 0 Å². The van der Waals surface area contributed by atoms with Gasteiger partial charge >= 0.3 is 6.09 Å². The lowest BCUT2D eigenvalue weighted by Crippen LogP contribution is -2.40. The molecule has 0 aromatic rings. The lowest BCUT2D eigenvalue weighted by molar-refractivity contribution is 0.0247. The van der Waals surface area contributed by atoms with Gasteiger partial charge in [-0.1, -0.05) is 38.3 Å². The van der Waals surface area contributed by atoms with Gasteiger partial charge in [0.1, 0.15) is 5.60 Å². The van der Waals surface area contributed by atoms with Crippen molar-refractivity contribution in [3.05, 3.63) is 11.6 Å². The normalized spacial score (nSPS) is 20.4. The third kappa shape index (κ3) is 5.18. The molecule has 1 unspecified atom stereocenters. The van der Waals surface area contributed by atoms with Crippen molar-refractivity contribution in [2.24, 2.45) is 0 Å². The van der Waals surface area contributed by atoms with Crippen molar-refractivity contribution in [2.45, 2.75) is 84.8 Å². The first kappa shape index (κ1) is 17.1. The van der Waals surface area contributed by atoms with E-state index in [1.807, 2.05) is 25.7 Å². The van der Waals surface area contributed by atoms with E-state index in [0.717, 1.165) is 45.1 Å². The van der Waals surface area contributed by atoms with E-state index in [4.69, 9.17) is 4.74 Å². The van der Waals surface area contributed by atoms with Crippen LogP contribution in [0.1, 0.15) is 73.1 Å². The number of rotatable bonds is 5. The summed E-state index contributed by atoms with van der Waals surface area (Å²) in [4.78, 5) is 14.3. The molecule has 0 N–H and O–H groups in total. The summed E-state index contributed by atoms with van der Waals surface area (Å²) in [5.74, 6) is 0. The standard InChI is InChI=1S/C17H31NO2/c1-6-8-11-14(10-7-2)15-12-9-13-18(15)16(19)20-17(3,4)5/h11,15H,6-10,12-13H2,1-5H3/b14-11-. The van der Waals surface area contributed by atoms with Crippen LogP contribution in [0.2, 0.25) is 0 Å². The number of ether oxygens (including phenoxy) is 1. The Hall–Kier alpha value is -0.990. The molecule has 3 nitrogen and oxygen atoms in total. The largest absolute Gasteiger partial charge is 0.444 e. The van der Waals surface area contributed by atoms with Crippen LogP contribution in [0.4, 0.5) is 4.79 Å². The number of likely N-dealkylation sites (tertiary alicyclic amines) is 1. The van der Waals surface area contributed by atoms with E-state index in [2.05, 4.69) is 19.9 Å². The number of hydrogen-bond donors (Lipinski definition) is 0. The van der Waals surface area contributed by atoms with Crippen molar-refractivity contribution in [2.75, 3.05) is 6.54 Å². The first-order chi connectivity index (χ1) is 9.39. The van der Waals surface area contributed by atoms with Gasteiger partial charge in [0.25, 0.3) is 0 Å². The van der Waals surface area contributed by atoms with Crippen LogP contribution >= 0.6 is 0 Å². The number of allylic oxidation sites excluding steroid dienone is 1. The zero-order valence-corrected chi connectivity index (χ0v) is 13.9. The Bertz CT molecular complexity index is 341. The fourth-order valence-electron chi connectivity index (χ4n) is 2.71. The summed E-state index contributed by atoms with van der Waals surface area (Å²) in [5, 5.41) is 0. The molecule has 1 rings (SSSR count). The predicted octanol–water partition coefficient (Wildman–Crippen LogP) is 4.91. The molecule has 0 radical (unpaired) electrons. The van der Waals surface area contributed by atoms with E-state index < -0.39 is 5.60 Å². The lowest BCUT2D eigenvalue weighted by Gasteiger charge is -2.30. The minimum Gasteiger partial charge on any atom is -0.444 e. The summed E-state index contributed by atoms with van der Waals surface area (Å²) in [6.07, 6.45) is 8.83. The van der Waals surface area contributed by atoms with Gasteiger partial charge in [-0.15, -0.1) is 0 Å². The van der Waals surface area contributed by atoms with Crippen LogP contribution in [0.3, 0.4) is 0 Å². The molecule has 0 aromatic heterocycles. The van der Waals surface area contributed by atoms with E-state index >= 15 is 0 Å². The van der Waals surface area contributed by atoms with Crippen LogP contribution in [-0.4, -0.2) is 29.2 Å². The van der Waals surface area contributed by atoms with Crippen molar-refractivity contribution in [3.8, 4) is 0 Å². The summed E-state index contributed by atoms with van der Waals surface area (Å²) >= 11 is 0. The topological polar surface area (TPSA) is 29.5 Å². The third-order valence-electron chi connectivity index (χ3n) is 3.54. The number of amides is 1. The maximum atomic E-state index is 12.3. The molecule has 1 heterocycles. The Morgan fingerprint density at radius 2 is 2.00 bits per heavy atom. The Balaban J connectivity index is 2.78. The van der Waals surface area contributed by atoms with Crippen molar-refractivity contribution in [1.82, 2.24) is 4.90 Å². The van der Waals surface area contributed by atoms with Gasteiger partial charge in [0, 0.05) is 6.54 Å². The maximum absolute atomic E-state index is 12.3. The van der Waals surface area contributed by atoms with E-state index in [0.29, 0.717) is 0 Å². The van der Waals surface area contributed by atoms with E-state index in [-0.39, 0.29) is 12.1 Å². The highest BCUT2D eigenvalue weighted by molar-refractivity contribution is 5.69. The molecule has 0 saturated carbocycles. The smallest absolute Gasteiger partial charge is 0.410 e. The molecule has 20 heavy (non-hydrogen) atoms. The Kier molecular flexibility index (Phi) is 6.57. The van der Waals surface area contributed by atoms with Crippen molar-refractivity contribution in [3.63, 3.8) is 0 Å². The molecule has 1 aliphatic heterocycles. The highest BCUT2D eigenvalue weighted by Crippen LogP contribution is 2.28. The second-order valence-electron chi connectivity index (χ2n) is 6.65. The number of hydrogen-bond acceptors (Lipinski definition) is 2. The number of unbranched alkanes of at least 4 members (excludes halogenated alkanes) is 1. The molecule has 116 valence electrons. The monoisotopic (exact) mass is 281 g/mol. The van der Waals surface area contributed by atoms with Gasteiger partial charge in [-0.2, -0.15) is 0 Å². The molecule has 0 aliphatic carbocycles. The number of nitrogens with zero attached hydrogens (tertiary/aromatic N) is 1. The van der Waals surface area contributed by atoms with Gasteiger partial charge in [-0.05, 0) is 46.5 Å². The average molecular weight is 281 g/mol. The van der Waals surface area contributed by atoms with Crippen LogP contribution < -0.4 is 0 Å². The van der Waals surface area contributed by atoms with Gasteiger partial charge in [0.15, 0.2) is 0 Å². The average Bonchev–Trinajstić information content (AvgIpc) is 2.81. The Labute approximate surface area is 124 Å². The molecule has 1 amide bonds. The number of carbonyl (C=O) groups excluding carboxylic acids is 1. The lowest BCUT2D eigenvalue weighted by atomic mass is 9.98. The van der Waals surface area contributed by atoms with Crippen molar-refractivity contribution >= 4 is 6.09 Å². The molecule has 1 atom stereocenters. The first-order valence-corrected chi connectivity index (χ1v) is 8.07. The summed E-state index contributed by atoms with van der Waals surface area (Å²) in [7, 11) is 0. The fraction of sp³-hybridized carbons (Fsp3) is 0.824. The number of carbonyl (C=O) groups is 1.